The number of hydrogen-bond donors (Lipinski definition) is 0. The molecule has 0 radical (unpaired) electrons. The summed E-state index contributed by atoms with van der Waals surface area (Å²) in [5.74, 6) is -0.0897. The Kier molecular flexibility index (Phi) is 4.65. The molecule has 0 unspecified atom stereocenters. The second kappa shape index (κ2) is 7.23. The van der Waals surface area contributed by atoms with E-state index in [0.717, 1.165) is 35.9 Å². The number of nitrogens with zero attached hydrogens (tertiary/aromatic N) is 5. The molecule has 134 valence electrons. The zero-order valence-corrected chi connectivity index (χ0v) is 15.0. The maximum Gasteiger partial charge on any atom is 0.263 e. The Morgan fingerprint density at radius 2 is 2.04 bits per heavy atom. The second-order valence-corrected chi connectivity index (χ2v) is 6.76. The van der Waals surface area contributed by atoms with Crippen LogP contribution >= 0.6 is 0 Å². The van der Waals surface area contributed by atoms with E-state index in [4.69, 9.17) is 4.99 Å². The van der Waals surface area contributed by atoms with Crippen molar-refractivity contribution < 1.29 is 4.79 Å². The zero-order chi connectivity index (χ0) is 17.9. The van der Waals surface area contributed by atoms with E-state index < -0.39 is 0 Å². The van der Waals surface area contributed by atoms with Gasteiger partial charge in [-0.15, -0.1) is 5.10 Å². The first-order valence-electron chi connectivity index (χ1n) is 9.36. The van der Waals surface area contributed by atoms with Gasteiger partial charge in [-0.05, 0) is 50.1 Å². The summed E-state index contributed by atoms with van der Waals surface area (Å²) in [7, 11) is 0. The number of carbonyl (C=O) groups excluding carboxylic acids is 1. The van der Waals surface area contributed by atoms with Crippen LogP contribution in [0.1, 0.15) is 49.4 Å². The summed E-state index contributed by atoms with van der Waals surface area (Å²) in [6, 6.07) is 11.6. The van der Waals surface area contributed by atoms with Crippen LogP contribution in [0.2, 0.25) is 0 Å². The minimum Gasteiger partial charge on any atom is -0.268 e. The number of fused-ring (bicyclic) bond motifs is 1. The summed E-state index contributed by atoms with van der Waals surface area (Å²) in [6.07, 6.45) is 7.73. The van der Waals surface area contributed by atoms with E-state index in [9.17, 15) is 4.79 Å². The summed E-state index contributed by atoms with van der Waals surface area (Å²) < 4.78 is 3.46. The molecule has 1 aliphatic carbocycles. The third kappa shape index (κ3) is 3.19. The summed E-state index contributed by atoms with van der Waals surface area (Å²) in [6.45, 7) is 2.77. The van der Waals surface area contributed by atoms with Crippen LogP contribution in [-0.4, -0.2) is 31.5 Å². The molecule has 0 spiro atoms. The molecule has 26 heavy (non-hydrogen) atoms. The Hall–Kier alpha value is -2.76. The highest BCUT2D eigenvalue weighted by molar-refractivity contribution is 5.98. The van der Waals surface area contributed by atoms with Crippen LogP contribution in [0.5, 0.6) is 0 Å². The third-order valence-corrected chi connectivity index (χ3v) is 5.01. The van der Waals surface area contributed by atoms with Crippen LogP contribution in [0.15, 0.2) is 47.6 Å². The van der Waals surface area contributed by atoms with Crippen molar-refractivity contribution in [2.24, 2.45) is 4.99 Å². The fourth-order valence-corrected chi connectivity index (χ4v) is 3.59. The van der Waals surface area contributed by atoms with Crippen LogP contribution in [0.25, 0.3) is 11.0 Å². The van der Waals surface area contributed by atoms with Gasteiger partial charge in [0.05, 0.1) is 11.6 Å². The Bertz CT molecular complexity index is 995. The Balaban J connectivity index is 1.71. The van der Waals surface area contributed by atoms with Gasteiger partial charge < -0.3 is 0 Å². The minimum absolute atomic E-state index is 0.0897. The van der Waals surface area contributed by atoms with Crippen molar-refractivity contribution in [2.45, 2.75) is 51.6 Å². The molecule has 0 atom stereocenters. The monoisotopic (exact) mass is 349 g/mol. The van der Waals surface area contributed by atoms with Crippen LogP contribution in [0.4, 0.5) is 0 Å². The molecule has 0 bridgehead atoms. The molecule has 1 fully saturated rings. The number of hydrogen-bond acceptors (Lipinski definition) is 4. The lowest BCUT2D eigenvalue weighted by molar-refractivity contribution is 0.0954. The van der Waals surface area contributed by atoms with Crippen molar-refractivity contribution in [2.75, 3.05) is 0 Å². The molecule has 6 nitrogen and oxygen atoms in total. The number of rotatable bonds is 3. The highest BCUT2D eigenvalue weighted by Crippen LogP contribution is 2.19. The number of aryl methyl sites for hydroxylation is 1. The molecule has 1 saturated carbocycles. The quantitative estimate of drug-likeness (QED) is 0.729. The molecule has 0 amide bonds. The Morgan fingerprint density at radius 3 is 2.85 bits per heavy atom. The fourth-order valence-electron chi connectivity index (χ4n) is 3.59. The SMILES string of the molecule is CCn1nnc2cc(C(=O)n3ccccc3=NC3CCCCC3)ccc21. The van der Waals surface area contributed by atoms with Gasteiger partial charge in [-0.1, -0.05) is 30.5 Å². The van der Waals surface area contributed by atoms with Crippen molar-refractivity contribution in [1.82, 2.24) is 19.6 Å². The van der Waals surface area contributed by atoms with Crippen LogP contribution in [0, 0.1) is 0 Å². The van der Waals surface area contributed by atoms with Crippen molar-refractivity contribution in [1.29, 1.82) is 0 Å². The van der Waals surface area contributed by atoms with Crippen LogP contribution in [0.3, 0.4) is 0 Å². The molecular formula is C20H23N5O. The number of pyridine rings is 1. The average Bonchev–Trinajstić information content (AvgIpc) is 3.11. The summed E-state index contributed by atoms with van der Waals surface area (Å²) in [4.78, 5) is 17.9. The van der Waals surface area contributed by atoms with E-state index in [0.29, 0.717) is 11.6 Å². The van der Waals surface area contributed by atoms with Crippen molar-refractivity contribution in [3.05, 3.63) is 53.6 Å². The fraction of sp³-hybridized carbons (Fsp3) is 0.400. The van der Waals surface area contributed by atoms with E-state index in [2.05, 4.69) is 10.3 Å². The smallest absolute Gasteiger partial charge is 0.263 e. The first kappa shape index (κ1) is 16.7. The number of aromatic nitrogens is 4. The number of carbonyl (C=O) groups is 1. The van der Waals surface area contributed by atoms with Gasteiger partial charge in [-0.25, -0.2) is 4.68 Å². The van der Waals surface area contributed by atoms with Gasteiger partial charge in [-0.2, -0.15) is 0 Å². The van der Waals surface area contributed by atoms with E-state index in [1.807, 2.05) is 41.9 Å². The lowest BCUT2D eigenvalue weighted by atomic mass is 9.96. The summed E-state index contributed by atoms with van der Waals surface area (Å²) in [5.41, 5.74) is 2.99. The minimum atomic E-state index is -0.0897. The molecule has 3 aromatic rings. The van der Waals surface area contributed by atoms with E-state index in [-0.39, 0.29) is 5.91 Å². The van der Waals surface area contributed by atoms with Gasteiger partial charge in [0.15, 0.2) is 0 Å². The lowest BCUT2D eigenvalue weighted by Crippen LogP contribution is -2.29. The van der Waals surface area contributed by atoms with Gasteiger partial charge >= 0.3 is 0 Å². The van der Waals surface area contributed by atoms with Crippen molar-refractivity contribution in [3.63, 3.8) is 0 Å². The van der Waals surface area contributed by atoms with Gasteiger partial charge in [0.2, 0.25) is 0 Å². The summed E-state index contributed by atoms with van der Waals surface area (Å²) in [5, 5.41) is 8.28. The van der Waals surface area contributed by atoms with E-state index >= 15 is 0 Å². The third-order valence-electron chi connectivity index (χ3n) is 5.01. The largest absolute Gasteiger partial charge is 0.268 e. The van der Waals surface area contributed by atoms with Gasteiger partial charge in [0, 0.05) is 18.3 Å². The standard InChI is InChI=1S/C20H23N5O/c1-2-25-18-12-11-15(14-17(18)22-23-25)20(26)24-13-7-6-10-19(24)21-16-8-4-3-5-9-16/h6-7,10-14,16H,2-5,8-9H2,1H3. The molecule has 6 heteroatoms. The van der Waals surface area contributed by atoms with Gasteiger partial charge in [0.1, 0.15) is 11.0 Å². The second-order valence-electron chi connectivity index (χ2n) is 6.76. The van der Waals surface area contributed by atoms with E-state index in [1.165, 1.54) is 19.3 Å². The van der Waals surface area contributed by atoms with Crippen molar-refractivity contribution in [3.8, 4) is 0 Å². The Morgan fingerprint density at radius 1 is 1.19 bits per heavy atom. The van der Waals surface area contributed by atoms with E-state index in [1.54, 1.807) is 16.8 Å². The highest BCUT2D eigenvalue weighted by Gasteiger charge is 2.14. The number of benzene rings is 1. The molecule has 0 saturated heterocycles. The molecular weight excluding hydrogens is 326 g/mol. The molecule has 0 N–H and O–H groups in total. The predicted octanol–water partition coefficient (Wildman–Crippen LogP) is 3.17. The normalized spacial score (nSPS) is 16.3. The highest BCUT2D eigenvalue weighted by atomic mass is 16.2. The molecule has 1 aromatic carbocycles. The van der Waals surface area contributed by atoms with Crippen LogP contribution < -0.4 is 5.49 Å². The average molecular weight is 349 g/mol. The zero-order valence-electron chi connectivity index (χ0n) is 15.0. The van der Waals surface area contributed by atoms with Crippen LogP contribution in [-0.2, 0) is 6.54 Å². The van der Waals surface area contributed by atoms with Crippen molar-refractivity contribution >= 4 is 16.9 Å². The lowest BCUT2D eigenvalue weighted by Gasteiger charge is -2.17. The molecule has 4 rings (SSSR count). The molecule has 2 heterocycles. The van der Waals surface area contributed by atoms with Gasteiger partial charge in [0.25, 0.3) is 5.91 Å². The summed E-state index contributed by atoms with van der Waals surface area (Å²) >= 11 is 0. The topological polar surface area (TPSA) is 65.1 Å². The van der Waals surface area contributed by atoms with Gasteiger partial charge in [-0.3, -0.25) is 14.4 Å². The predicted molar refractivity (Wildman–Crippen MR) is 99.8 cm³/mol. The Labute approximate surface area is 152 Å². The molecule has 0 aliphatic heterocycles. The molecule has 1 aliphatic rings. The maximum absolute atomic E-state index is 13.1. The first-order chi connectivity index (χ1) is 12.8. The maximum atomic E-state index is 13.1. The molecule has 2 aromatic heterocycles. The first-order valence-corrected chi connectivity index (χ1v) is 9.36.